The van der Waals surface area contributed by atoms with Gasteiger partial charge in [-0.25, -0.2) is 0 Å². The van der Waals surface area contributed by atoms with Crippen molar-refractivity contribution >= 4 is 34.8 Å². The summed E-state index contributed by atoms with van der Waals surface area (Å²) in [5, 5.41) is 5.80. The standard InChI is InChI=1S/C10H7Cl3N2/c11-8-4-14-15(6-8)5-7-1-2-9(12)10(13)3-7/h1-4,6H,5H2. The first-order chi connectivity index (χ1) is 7.15. The number of aromatic nitrogens is 2. The highest BCUT2D eigenvalue weighted by Crippen LogP contribution is 2.23. The van der Waals surface area contributed by atoms with E-state index in [2.05, 4.69) is 5.10 Å². The molecule has 5 heteroatoms. The third kappa shape index (κ3) is 2.65. The number of rotatable bonds is 2. The van der Waals surface area contributed by atoms with Crippen molar-refractivity contribution in [2.24, 2.45) is 0 Å². The second kappa shape index (κ2) is 4.44. The lowest BCUT2D eigenvalue weighted by molar-refractivity contribution is 0.687. The molecule has 15 heavy (non-hydrogen) atoms. The van der Waals surface area contributed by atoms with Gasteiger partial charge in [0.1, 0.15) is 0 Å². The lowest BCUT2D eigenvalue weighted by Crippen LogP contribution is -1.99. The van der Waals surface area contributed by atoms with Gasteiger partial charge < -0.3 is 0 Å². The molecule has 0 amide bonds. The van der Waals surface area contributed by atoms with Crippen LogP contribution in [0, 0.1) is 0 Å². The molecular formula is C10H7Cl3N2. The summed E-state index contributed by atoms with van der Waals surface area (Å²) in [5.41, 5.74) is 1.03. The van der Waals surface area contributed by atoms with Gasteiger partial charge in [-0.3, -0.25) is 4.68 Å². The molecule has 0 unspecified atom stereocenters. The monoisotopic (exact) mass is 260 g/mol. The predicted octanol–water partition coefficient (Wildman–Crippen LogP) is 3.89. The third-order valence-corrected chi connectivity index (χ3v) is 2.86. The highest BCUT2D eigenvalue weighted by molar-refractivity contribution is 6.42. The molecule has 0 aliphatic carbocycles. The Hall–Kier alpha value is -0.700. The van der Waals surface area contributed by atoms with Crippen molar-refractivity contribution in [2.45, 2.75) is 6.54 Å². The van der Waals surface area contributed by atoms with E-state index in [1.165, 1.54) is 0 Å². The smallest absolute Gasteiger partial charge is 0.0785 e. The normalized spacial score (nSPS) is 10.6. The first-order valence-electron chi connectivity index (χ1n) is 4.27. The van der Waals surface area contributed by atoms with Crippen molar-refractivity contribution in [1.29, 1.82) is 0 Å². The van der Waals surface area contributed by atoms with E-state index >= 15 is 0 Å². The van der Waals surface area contributed by atoms with Gasteiger partial charge in [0, 0.05) is 6.20 Å². The first-order valence-corrected chi connectivity index (χ1v) is 5.40. The average Bonchev–Trinajstić information content (AvgIpc) is 2.58. The summed E-state index contributed by atoms with van der Waals surface area (Å²) in [4.78, 5) is 0. The van der Waals surface area contributed by atoms with E-state index in [4.69, 9.17) is 34.8 Å². The van der Waals surface area contributed by atoms with Gasteiger partial charge in [0.25, 0.3) is 0 Å². The zero-order valence-electron chi connectivity index (χ0n) is 7.62. The zero-order chi connectivity index (χ0) is 10.8. The van der Waals surface area contributed by atoms with Crippen molar-refractivity contribution < 1.29 is 0 Å². The number of hydrogen-bond donors (Lipinski definition) is 0. The van der Waals surface area contributed by atoms with Crippen LogP contribution in [0.15, 0.2) is 30.6 Å². The van der Waals surface area contributed by atoms with Gasteiger partial charge >= 0.3 is 0 Å². The molecule has 1 heterocycles. The molecule has 1 aromatic heterocycles. The maximum Gasteiger partial charge on any atom is 0.0785 e. The summed E-state index contributed by atoms with van der Waals surface area (Å²) >= 11 is 17.5. The Labute approximate surface area is 102 Å². The van der Waals surface area contributed by atoms with Crippen LogP contribution in [0.1, 0.15) is 5.56 Å². The molecule has 2 aromatic rings. The summed E-state index contributed by atoms with van der Waals surface area (Å²) in [5.74, 6) is 0. The molecule has 2 rings (SSSR count). The number of nitrogens with zero attached hydrogens (tertiary/aromatic N) is 2. The molecule has 2 nitrogen and oxygen atoms in total. The van der Waals surface area contributed by atoms with Crippen molar-refractivity contribution in [2.75, 3.05) is 0 Å². The van der Waals surface area contributed by atoms with Crippen LogP contribution in [0.3, 0.4) is 0 Å². The minimum Gasteiger partial charge on any atom is -0.267 e. The Morgan fingerprint density at radius 3 is 2.53 bits per heavy atom. The third-order valence-electron chi connectivity index (χ3n) is 1.93. The van der Waals surface area contributed by atoms with E-state index in [1.54, 1.807) is 23.1 Å². The molecule has 0 aliphatic rings. The molecule has 78 valence electrons. The van der Waals surface area contributed by atoms with E-state index in [0.717, 1.165) is 5.56 Å². The van der Waals surface area contributed by atoms with E-state index in [1.807, 2.05) is 12.1 Å². The summed E-state index contributed by atoms with van der Waals surface area (Å²) in [6, 6.07) is 5.49. The Morgan fingerprint density at radius 2 is 1.93 bits per heavy atom. The second-order valence-electron chi connectivity index (χ2n) is 3.10. The molecule has 0 saturated carbocycles. The summed E-state index contributed by atoms with van der Waals surface area (Å²) < 4.78 is 1.74. The van der Waals surface area contributed by atoms with Crippen LogP contribution in [0.5, 0.6) is 0 Å². The van der Waals surface area contributed by atoms with Crippen LogP contribution in [0.4, 0.5) is 0 Å². The maximum atomic E-state index is 5.90. The molecule has 0 aliphatic heterocycles. The fourth-order valence-electron chi connectivity index (χ4n) is 1.25. The van der Waals surface area contributed by atoms with E-state index < -0.39 is 0 Å². The predicted molar refractivity (Wildman–Crippen MR) is 62.8 cm³/mol. The summed E-state index contributed by atoms with van der Waals surface area (Å²) in [6.45, 7) is 0.629. The maximum absolute atomic E-state index is 5.90. The van der Waals surface area contributed by atoms with Crippen LogP contribution in [0.25, 0.3) is 0 Å². The molecule has 0 saturated heterocycles. The fourth-order valence-corrected chi connectivity index (χ4v) is 1.73. The van der Waals surface area contributed by atoms with E-state index in [-0.39, 0.29) is 0 Å². The number of benzene rings is 1. The molecule has 0 spiro atoms. The molecule has 1 aromatic carbocycles. The SMILES string of the molecule is Clc1cnn(Cc2ccc(Cl)c(Cl)c2)c1. The molecule has 0 N–H and O–H groups in total. The highest BCUT2D eigenvalue weighted by atomic mass is 35.5. The highest BCUT2D eigenvalue weighted by Gasteiger charge is 2.01. The Balaban J connectivity index is 2.21. The lowest BCUT2D eigenvalue weighted by Gasteiger charge is -2.03. The van der Waals surface area contributed by atoms with Crippen LogP contribution >= 0.6 is 34.8 Å². The fraction of sp³-hybridized carbons (Fsp3) is 0.100. The van der Waals surface area contributed by atoms with Crippen molar-refractivity contribution in [3.8, 4) is 0 Å². The minimum atomic E-state index is 0.549. The van der Waals surface area contributed by atoms with Gasteiger partial charge in [0.15, 0.2) is 0 Å². The van der Waals surface area contributed by atoms with E-state index in [9.17, 15) is 0 Å². The van der Waals surface area contributed by atoms with Gasteiger partial charge in [-0.2, -0.15) is 5.10 Å². The molecular weight excluding hydrogens is 254 g/mol. The molecule has 0 fully saturated rings. The van der Waals surface area contributed by atoms with Crippen LogP contribution in [-0.2, 0) is 6.54 Å². The average molecular weight is 262 g/mol. The van der Waals surface area contributed by atoms with E-state index in [0.29, 0.717) is 21.6 Å². The van der Waals surface area contributed by atoms with Crippen molar-refractivity contribution in [3.05, 3.63) is 51.2 Å². The Kier molecular flexibility index (Phi) is 3.19. The largest absolute Gasteiger partial charge is 0.267 e. The second-order valence-corrected chi connectivity index (χ2v) is 4.36. The van der Waals surface area contributed by atoms with Gasteiger partial charge in [-0.15, -0.1) is 0 Å². The van der Waals surface area contributed by atoms with Crippen LogP contribution in [-0.4, -0.2) is 9.78 Å². The summed E-state index contributed by atoms with van der Waals surface area (Å²) in [6.07, 6.45) is 3.35. The first kappa shape index (κ1) is 10.8. The van der Waals surface area contributed by atoms with Gasteiger partial charge in [-0.1, -0.05) is 40.9 Å². The Morgan fingerprint density at radius 1 is 1.13 bits per heavy atom. The molecule has 0 atom stereocenters. The minimum absolute atomic E-state index is 0.549. The van der Waals surface area contributed by atoms with Crippen molar-refractivity contribution in [1.82, 2.24) is 9.78 Å². The topological polar surface area (TPSA) is 17.8 Å². The van der Waals surface area contributed by atoms with Crippen molar-refractivity contribution in [3.63, 3.8) is 0 Å². The quantitative estimate of drug-likeness (QED) is 0.802. The van der Waals surface area contributed by atoms with Crippen LogP contribution in [0.2, 0.25) is 15.1 Å². The summed E-state index contributed by atoms with van der Waals surface area (Å²) in [7, 11) is 0. The zero-order valence-corrected chi connectivity index (χ0v) is 9.89. The van der Waals surface area contributed by atoms with Gasteiger partial charge in [0.2, 0.25) is 0 Å². The number of hydrogen-bond acceptors (Lipinski definition) is 1. The Bertz CT molecular complexity index is 479. The number of halogens is 3. The molecule has 0 bridgehead atoms. The van der Waals surface area contributed by atoms with Gasteiger partial charge in [0.05, 0.1) is 27.8 Å². The van der Waals surface area contributed by atoms with Gasteiger partial charge in [-0.05, 0) is 17.7 Å². The van der Waals surface area contributed by atoms with Crippen LogP contribution < -0.4 is 0 Å². The lowest BCUT2D eigenvalue weighted by atomic mass is 10.2. The molecule has 0 radical (unpaired) electrons.